The van der Waals surface area contributed by atoms with Crippen molar-refractivity contribution < 1.29 is 14.4 Å². The number of hydrogen-bond acceptors (Lipinski definition) is 3. The van der Waals surface area contributed by atoms with Gasteiger partial charge in [0.15, 0.2) is 0 Å². The highest BCUT2D eigenvalue weighted by Gasteiger charge is 2.45. The van der Waals surface area contributed by atoms with Gasteiger partial charge in [-0.05, 0) is 40.9 Å². The van der Waals surface area contributed by atoms with Crippen LogP contribution in [0.15, 0.2) is 28.7 Å². The molecule has 0 bridgehead atoms. The first-order valence-corrected chi connectivity index (χ1v) is 7.28. The summed E-state index contributed by atoms with van der Waals surface area (Å²) in [5, 5.41) is 2.27. The molecule has 3 rings (SSSR count). The van der Waals surface area contributed by atoms with Crippen LogP contribution in [0.2, 0.25) is 0 Å². The van der Waals surface area contributed by atoms with Crippen LogP contribution in [0.4, 0.5) is 0 Å². The lowest BCUT2D eigenvalue weighted by Crippen LogP contribution is -2.46. The van der Waals surface area contributed by atoms with E-state index in [4.69, 9.17) is 0 Å². The average molecular weight is 337 g/mol. The topological polar surface area (TPSA) is 66.5 Å². The Morgan fingerprint density at radius 3 is 2.50 bits per heavy atom. The number of benzene rings is 1. The van der Waals surface area contributed by atoms with Crippen molar-refractivity contribution in [2.24, 2.45) is 0 Å². The minimum Gasteiger partial charge on any atom is -0.323 e. The fourth-order valence-corrected chi connectivity index (χ4v) is 2.91. The van der Waals surface area contributed by atoms with Crippen LogP contribution >= 0.6 is 15.9 Å². The van der Waals surface area contributed by atoms with Gasteiger partial charge in [-0.15, -0.1) is 0 Å². The number of imide groups is 1. The van der Waals surface area contributed by atoms with Gasteiger partial charge in [-0.25, -0.2) is 0 Å². The lowest BCUT2D eigenvalue weighted by atomic mass is 10.1. The first-order valence-electron chi connectivity index (χ1n) is 6.49. The Bertz CT molecular complexity index is 598. The lowest BCUT2D eigenvalue weighted by molar-refractivity contribution is -0.126. The molecule has 0 unspecified atom stereocenters. The number of halogens is 1. The SMILES string of the molecule is O=C1C[C@H](N(C(=O)c2ccccc2Br)C2CC2)C(=O)N1. The minimum atomic E-state index is -0.672. The van der Waals surface area contributed by atoms with Crippen molar-refractivity contribution in [3.05, 3.63) is 34.3 Å². The number of rotatable bonds is 3. The quantitative estimate of drug-likeness (QED) is 0.850. The number of carbonyl (C=O) groups is 3. The molecule has 2 aliphatic rings. The van der Waals surface area contributed by atoms with E-state index in [1.807, 2.05) is 6.07 Å². The Hall–Kier alpha value is -1.69. The molecular weight excluding hydrogens is 324 g/mol. The van der Waals surface area contributed by atoms with Crippen LogP contribution in [-0.2, 0) is 9.59 Å². The van der Waals surface area contributed by atoms with Crippen LogP contribution < -0.4 is 5.32 Å². The molecule has 1 saturated carbocycles. The van der Waals surface area contributed by atoms with Crippen LogP contribution in [0.1, 0.15) is 29.6 Å². The number of nitrogens with one attached hydrogen (secondary N) is 1. The van der Waals surface area contributed by atoms with Gasteiger partial charge in [-0.2, -0.15) is 0 Å². The van der Waals surface area contributed by atoms with Gasteiger partial charge in [0, 0.05) is 10.5 Å². The maximum Gasteiger partial charge on any atom is 0.255 e. The summed E-state index contributed by atoms with van der Waals surface area (Å²) in [4.78, 5) is 37.5. The summed E-state index contributed by atoms with van der Waals surface area (Å²) in [7, 11) is 0. The highest BCUT2D eigenvalue weighted by molar-refractivity contribution is 9.10. The smallest absolute Gasteiger partial charge is 0.255 e. The van der Waals surface area contributed by atoms with E-state index in [0.717, 1.165) is 12.8 Å². The molecule has 0 spiro atoms. The second-order valence-electron chi connectivity index (χ2n) is 5.06. The van der Waals surface area contributed by atoms with Crippen LogP contribution in [0.5, 0.6) is 0 Å². The summed E-state index contributed by atoms with van der Waals surface area (Å²) in [6.07, 6.45) is 1.83. The van der Waals surface area contributed by atoms with E-state index < -0.39 is 6.04 Å². The summed E-state index contributed by atoms with van der Waals surface area (Å²) in [5.41, 5.74) is 0.520. The average Bonchev–Trinajstić information content (AvgIpc) is 3.17. The predicted molar refractivity (Wildman–Crippen MR) is 74.9 cm³/mol. The van der Waals surface area contributed by atoms with Crippen molar-refractivity contribution in [1.82, 2.24) is 10.2 Å². The van der Waals surface area contributed by atoms with E-state index >= 15 is 0 Å². The van der Waals surface area contributed by atoms with Gasteiger partial charge in [-0.3, -0.25) is 19.7 Å². The fourth-order valence-electron chi connectivity index (χ4n) is 2.45. The summed E-state index contributed by atoms with van der Waals surface area (Å²) in [6, 6.07) is 6.51. The molecule has 1 aromatic rings. The molecule has 0 radical (unpaired) electrons. The standard InChI is InChI=1S/C14H13BrN2O3/c15-10-4-2-1-3-9(10)14(20)17(8-5-6-8)11-7-12(18)16-13(11)19/h1-4,8,11H,5-7H2,(H,16,18,19)/t11-/m0/s1. The van der Waals surface area contributed by atoms with Gasteiger partial charge >= 0.3 is 0 Å². The third kappa shape index (κ3) is 2.35. The largest absolute Gasteiger partial charge is 0.323 e. The van der Waals surface area contributed by atoms with Gasteiger partial charge in [-0.1, -0.05) is 12.1 Å². The highest BCUT2D eigenvalue weighted by Crippen LogP contribution is 2.33. The van der Waals surface area contributed by atoms with E-state index in [-0.39, 0.29) is 30.2 Å². The second kappa shape index (κ2) is 5.01. The van der Waals surface area contributed by atoms with Crippen LogP contribution in [0, 0.1) is 0 Å². The maximum atomic E-state index is 12.7. The molecule has 1 aliphatic carbocycles. The van der Waals surface area contributed by atoms with E-state index in [0.29, 0.717) is 10.0 Å². The Kier molecular flexibility index (Phi) is 3.33. The molecule has 1 saturated heterocycles. The number of hydrogen-bond donors (Lipinski definition) is 1. The molecule has 6 heteroatoms. The predicted octanol–water partition coefficient (Wildman–Crippen LogP) is 1.47. The number of nitrogens with zero attached hydrogens (tertiary/aromatic N) is 1. The Morgan fingerprint density at radius 1 is 1.25 bits per heavy atom. The van der Waals surface area contributed by atoms with Gasteiger partial charge in [0.05, 0.1) is 12.0 Å². The number of amides is 3. The zero-order chi connectivity index (χ0) is 14.3. The molecule has 3 amide bonds. The third-order valence-corrected chi connectivity index (χ3v) is 4.25. The van der Waals surface area contributed by atoms with Gasteiger partial charge in [0.25, 0.3) is 5.91 Å². The molecule has 1 N–H and O–H groups in total. The lowest BCUT2D eigenvalue weighted by Gasteiger charge is -2.27. The molecule has 104 valence electrons. The fraction of sp³-hybridized carbons (Fsp3) is 0.357. The van der Waals surface area contributed by atoms with Crippen LogP contribution in [0.3, 0.4) is 0 Å². The summed E-state index contributed by atoms with van der Waals surface area (Å²) >= 11 is 3.36. The van der Waals surface area contributed by atoms with Crippen molar-refractivity contribution in [3.63, 3.8) is 0 Å². The van der Waals surface area contributed by atoms with Crippen LogP contribution in [-0.4, -0.2) is 34.7 Å². The molecule has 1 atom stereocenters. The van der Waals surface area contributed by atoms with E-state index in [1.54, 1.807) is 23.1 Å². The third-order valence-electron chi connectivity index (χ3n) is 3.56. The molecule has 0 aromatic heterocycles. The zero-order valence-electron chi connectivity index (χ0n) is 10.6. The normalized spacial score (nSPS) is 21.8. The molecule has 2 fully saturated rings. The maximum absolute atomic E-state index is 12.7. The first-order chi connectivity index (χ1) is 9.58. The van der Waals surface area contributed by atoms with Gasteiger partial charge in [0.1, 0.15) is 6.04 Å². The number of carbonyl (C=O) groups excluding carboxylic acids is 3. The Balaban J connectivity index is 1.92. The van der Waals surface area contributed by atoms with E-state index in [2.05, 4.69) is 21.2 Å². The summed E-state index contributed by atoms with van der Waals surface area (Å²) in [6.45, 7) is 0. The van der Waals surface area contributed by atoms with Crippen molar-refractivity contribution in [1.29, 1.82) is 0 Å². The second-order valence-corrected chi connectivity index (χ2v) is 5.91. The van der Waals surface area contributed by atoms with Crippen LogP contribution in [0.25, 0.3) is 0 Å². The molecular formula is C14H13BrN2O3. The monoisotopic (exact) mass is 336 g/mol. The molecule has 1 heterocycles. The Labute approximate surface area is 124 Å². The first kappa shape index (κ1) is 13.3. The van der Waals surface area contributed by atoms with Crippen molar-refractivity contribution >= 4 is 33.7 Å². The molecule has 1 aromatic carbocycles. The van der Waals surface area contributed by atoms with Crippen molar-refractivity contribution in [2.45, 2.75) is 31.3 Å². The van der Waals surface area contributed by atoms with Gasteiger partial charge in [0.2, 0.25) is 11.8 Å². The van der Waals surface area contributed by atoms with E-state index in [1.165, 1.54) is 0 Å². The van der Waals surface area contributed by atoms with Crippen molar-refractivity contribution in [2.75, 3.05) is 0 Å². The molecule has 1 aliphatic heterocycles. The van der Waals surface area contributed by atoms with Gasteiger partial charge < -0.3 is 4.90 Å². The zero-order valence-corrected chi connectivity index (χ0v) is 12.2. The molecule has 20 heavy (non-hydrogen) atoms. The summed E-state index contributed by atoms with van der Waals surface area (Å²) < 4.78 is 0.695. The van der Waals surface area contributed by atoms with E-state index in [9.17, 15) is 14.4 Å². The summed E-state index contributed by atoms with van der Waals surface area (Å²) in [5.74, 6) is -0.886. The Morgan fingerprint density at radius 2 is 1.95 bits per heavy atom. The molecule has 5 nitrogen and oxygen atoms in total. The highest BCUT2D eigenvalue weighted by atomic mass is 79.9. The van der Waals surface area contributed by atoms with Crippen molar-refractivity contribution in [3.8, 4) is 0 Å². The minimum absolute atomic E-state index is 0.0610.